The Kier molecular flexibility index (Phi) is 6.38. The number of primary amides is 1. The van der Waals surface area contributed by atoms with E-state index in [1.807, 2.05) is 0 Å². The van der Waals surface area contributed by atoms with Crippen LogP contribution in [0.15, 0.2) is 30.5 Å². The van der Waals surface area contributed by atoms with Crippen molar-refractivity contribution in [3.8, 4) is 6.07 Å². The molecule has 1 heterocycles. The molecular weight excluding hydrogens is 413 g/mol. The first-order valence-corrected chi connectivity index (χ1v) is 11.1. The molecule has 3 N–H and O–H groups in total. The Labute approximate surface area is 173 Å². The number of nitrogens with two attached hydrogens (primary N) is 1. The number of benzene rings is 1. The van der Waals surface area contributed by atoms with Crippen molar-refractivity contribution in [1.82, 2.24) is 9.78 Å². The lowest BCUT2D eigenvalue weighted by atomic mass is 9.79. The van der Waals surface area contributed by atoms with Crippen LogP contribution in [0.1, 0.15) is 35.7 Å². The van der Waals surface area contributed by atoms with Gasteiger partial charge in [0.15, 0.2) is 5.82 Å². The van der Waals surface area contributed by atoms with Crippen LogP contribution in [-0.4, -0.2) is 37.0 Å². The van der Waals surface area contributed by atoms with E-state index in [2.05, 4.69) is 16.5 Å². The van der Waals surface area contributed by atoms with Crippen molar-refractivity contribution in [2.75, 3.05) is 18.2 Å². The van der Waals surface area contributed by atoms with Gasteiger partial charge in [-0.25, -0.2) is 4.39 Å². The van der Waals surface area contributed by atoms with Gasteiger partial charge in [-0.15, -0.1) is 0 Å². The SMILES string of the molecule is CS(=O)(=O)OCC1CCC(n2cc(C(N)=O)c(Nc3ccc(F)cc3)n2)[C@H](C#N)C1. The van der Waals surface area contributed by atoms with Crippen molar-refractivity contribution in [3.05, 3.63) is 41.8 Å². The molecule has 3 atom stereocenters. The number of aromatic nitrogens is 2. The summed E-state index contributed by atoms with van der Waals surface area (Å²) in [5, 5.41) is 17.0. The van der Waals surface area contributed by atoms with Gasteiger partial charge in [-0.3, -0.25) is 13.7 Å². The summed E-state index contributed by atoms with van der Waals surface area (Å²) >= 11 is 0. The highest BCUT2D eigenvalue weighted by atomic mass is 32.2. The minimum absolute atomic E-state index is 0.0345. The molecule has 11 heteroatoms. The van der Waals surface area contributed by atoms with Crippen molar-refractivity contribution in [2.24, 2.45) is 17.6 Å². The number of nitriles is 1. The second kappa shape index (κ2) is 8.81. The molecule has 0 bridgehead atoms. The Bertz CT molecular complexity index is 1060. The maximum Gasteiger partial charge on any atom is 0.264 e. The molecule has 1 saturated carbocycles. The summed E-state index contributed by atoms with van der Waals surface area (Å²) in [7, 11) is -3.54. The molecule has 1 aromatic carbocycles. The smallest absolute Gasteiger partial charge is 0.264 e. The van der Waals surface area contributed by atoms with Crippen LogP contribution in [0, 0.1) is 29.0 Å². The third-order valence-electron chi connectivity index (χ3n) is 5.05. The third-order valence-corrected chi connectivity index (χ3v) is 5.61. The van der Waals surface area contributed by atoms with E-state index in [4.69, 9.17) is 9.92 Å². The van der Waals surface area contributed by atoms with Crippen LogP contribution in [0.5, 0.6) is 0 Å². The minimum Gasteiger partial charge on any atom is -0.365 e. The van der Waals surface area contributed by atoms with Crippen molar-refractivity contribution >= 4 is 27.5 Å². The van der Waals surface area contributed by atoms with Crippen LogP contribution in [0.2, 0.25) is 0 Å². The minimum atomic E-state index is -3.54. The Morgan fingerprint density at radius 3 is 2.70 bits per heavy atom. The summed E-state index contributed by atoms with van der Waals surface area (Å²) in [5.41, 5.74) is 6.16. The van der Waals surface area contributed by atoms with Crippen LogP contribution in [-0.2, 0) is 14.3 Å². The summed E-state index contributed by atoms with van der Waals surface area (Å²) in [4.78, 5) is 11.9. The van der Waals surface area contributed by atoms with Gasteiger partial charge in [0.25, 0.3) is 16.0 Å². The molecule has 1 aromatic heterocycles. The molecule has 9 nitrogen and oxygen atoms in total. The predicted molar refractivity (Wildman–Crippen MR) is 107 cm³/mol. The van der Waals surface area contributed by atoms with E-state index < -0.39 is 27.8 Å². The Hall–Kier alpha value is -2.97. The lowest BCUT2D eigenvalue weighted by molar-refractivity contribution is 0.100. The number of carbonyl (C=O) groups excluding carboxylic acids is 1. The van der Waals surface area contributed by atoms with E-state index in [-0.39, 0.29) is 29.9 Å². The predicted octanol–water partition coefficient (Wildman–Crippen LogP) is 2.32. The van der Waals surface area contributed by atoms with Gasteiger partial charge in [0.05, 0.1) is 30.9 Å². The molecule has 160 valence electrons. The average Bonchev–Trinajstić information content (AvgIpc) is 3.11. The number of nitrogens with zero attached hydrogens (tertiary/aromatic N) is 3. The molecule has 3 rings (SSSR count). The van der Waals surface area contributed by atoms with E-state index in [0.717, 1.165) is 6.26 Å². The quantitative estimate of drug-likeness (QED) is 0.636. The number of rotatable bonds is 7. The number of carbonyl (C=O) groups is 1. The van der Waals surface area contributed by atoms with Crippen LogP contribution in [0.25, 0.3) is 0 Å². The topological polar surface area (TPSA) is 140 Å². The molecule has 0 spiro atoms. The highest BCUT2D eigenvalue weighted by Gasteiger charge is 2.34. The lowest BCUT2D eigenvalue weighted by Gasteiger charge is -2.32. The molecule has 2 unspecified atom stereocenters. The second-order valence-electron chi connectivity index (χ2n) is 7.34. The van der Waals surface area contributed by atoms with Gasteiger partial charge in [0.2, 0.25) is 0 Å². The van der Waals surface area contributed by atoms with Crippen LogP contribution in [0.3, 0.4) is 0 Å². The van der Waals surface area contributed by atoms with Crippen LogP contribution >= 0.6 is 0 Å². The van der Waals surface area contributed by atoms with Gasteiger partial charge < -0.3 is 11.1 Å². The molecule has 1 aliphatic rings. The highest BCUT2D eigenvalue weighted by Crippen LogP contribution is 2.38. The zero-order valence-corrected chi connectivity index (χ0v) is 17.1. The Morgan fingerprint density at radius 2 is 2.10 bits per heavy atom. The van der Waals surface area contributed by atoms with Crippen molar-refractivity contribution < 1.29 is 21.8 Å². The normalized spacial score (nSPS) is 21.7. The number of amides is 1. The van der Waals surface area contributed by atoms with Crippen LogP contribution in [0.4, 0.5) is 15.9 Å². The van der Waals surface area contributed by atoms with Crippen molar-refractivity contribution in [1.29, 1.82) is 5.26 Å². The standard InChI is InChI=1S/C19H22FN5O4S/c1-30(27,28)29-11-12-2-7-17(13(8-12)9-21)25-10-16(18(22)26)19(24-25)23-15-5-3-14(20)4-6-15/h3-6,10,12-13,17H,2,7-8,11H2,1H3,(H2,22,26)(H,23,24)/t12?,13-,17?/m0/s1. The molecule has 1 amide bonds. The number of nitrogens with one attached hydrogen (secondary N) is 1. The van der Waals surface area contributed by atoms with Crippen molar-refractivity contribution in [3.63, 3.8) is 0 Å². The summed E-state index contributed by atoms with van der Waals surface area (Å²) in [5.74, 6) is -1.37. The fourth-order valence-electron chi connectivity index (χ4n) is 3.57. The summed E-state index contributed by atoms with van der Waals surface area (Å²) in [6, 6.07) is 7.50. The zero-order chi connectivity index (χ0) is 21.9. The molecule has 1 aliphatic carbocycles. The molecule has 30 heavy (non-hydrogen) atoms. The number of halogens is 1. The van der Waals surface area contributed by atoms with Crippen LogP contribution < -0.4 is 11.1 Å². The van der Waals surface area contributed by atoms with E-state index in [0.29, 0.717) is 24.9 Å². The van der Waals surface area contributed by atoms with E-state index in [9.17, 15) is 22.9 Å². The maximum atomic E-state index is 13.1. The van der Waals surface area contributed by atoms with Gasteiger partial charge in [0.1, 0.15) is 11.4 Å². The summed E-state index contributed by atoms with van der Waals surface area (Å²) in [6.45, 7) is 0.0345. The number of hydrogen-bond donors (Lipinski definition) is 2. The first-order chi connectivity index (χ1) is 14.2. The van der Waals surface area contributed by atoms with E-state index >= 15 is 0 Å². The Morgan fingerprint density at radius 1 is 1.40 bits per heavy atom. The van der Waals surface area contributed by atoms with E-state index in [1.54, 1.807) is 4.68 Å². The summed E-state index contributed by atoms with van der Waals surface area (Å²) < 4.78 is 42.0. The third kappa shape index (κ3) is 5.34. The maximum absolute atomic E-state index is 13.1. The van der Waals surface area contributed by atoms with E-state index in [1.165, 1.54) is 30.5 Å². The fraction of sp³-hybridized carbons (Fsp3) is 0.421. The average molecular weight is 435 g/mol. The molecule has 0 radical (unpaired) electrons. The van der Waals surface area contributed by atoms with Gasteiger partial charge in [-0.2, -0.15) is 18.8 Å². The molecule has 0 saturated heterocycles. The molecular formula is C19H22FN5O4S. The monoisotopic (exact) mass is 435 g/mol. The molecule has 0 aliphatic heterocycles. The van der Waals surface area contributed by atoms with Gasteiger partial charge in [-0.05, 0) is 49.4 Å². The summed E-state index contributed by atoms with van der Waals surface area (Å²) in [6.07, 6.45) is 4.14. The molecule has 1 fully saturated rings. The number of hydrogen-bond acceptors (Lipinski definition) is 7. The van der Waals surface area contributed by atoms with Crippen molar-refractivity contribution in [2.45, 2.75) is 25.3 Å². The zero-order valence-electron chi connectivity index (χ0n) is 16.3. The Balaban J connectivity index is 1.78. The first kappa shape index (κ1) is 21.7. The van der Waals surface area contributed by atoms with Gasteiger partial charge in [-0.1, -0.05) is 0 Å². The molecule has 2 aromatic rings. The lowest BCUT2D eigenvalue weighted by Crippen LogP contribution is -2.29. The second-order valence-corrected chi connectivity index (χ2v) is 8.98. The fourth-order valence-corrected chi connectivity index (χ4v) is 4.01. The first-order valence-electron chi connectivity index (χ1n) is 9.32. The highest BCUT2D eigenvalue weighted by molar-refractivity contribution is 7.85. The number of anilines is 2. The van der Waals surface area contributed by atoms with Gasteiger partial charge >= 0.3 is 0 Å². The van der Waals surface area contributed by atoms with Gasteiger partial charge in [0, 0.05) is 11.9 Å². The largest absolute Gasteiger partial charge is 0.365 e.